The molecule has 1 amide bonds. The number of halogens is 3. The van der Waals surface area contributed by atoms with Gasteiger partial charge in [0.1, 0.15) is 5.82 Å². The van der Waals surface area contributed by atoms with Gasteiger partial charge < -0.3 is 15.3 Å². The zero-order valence-corrected chi connectivity index (χ0v) is 16.4. The maximum atomic E-state index is 13.7. The fraction of sp³-hybridized carbons (Fsp3) is 0.611. The molecule has 0 radical (unpaired) electrons. The van der Waals surface area contributed by atoms with Crippen molar-refractivity contribution in [2.24, 2.45) is 5.92 Å². The summed E-state index contributed by atoms with van der Waals surface area (Å²) in [5.74, 6) is 0.0499. The van der Waals surface area contributed by atoms with Crippen molar-refractivity contribution in [2.45, 2.75) is 25.5 Å². The van der Waals surface area contributed by atoms with Gasteiger partial charge in [0, 0.05) is 31.7 Å². The number of piperidine rings is 1. The van der Waals surface area contributed by atoms with Gasteiger partial charge in [0.2, 0.25) is 5.91 Å². The van der Waals surface area contributed by atoms with Gasteiger partial charge in [-0.15, -0.1) is 24.8 Å². The molecule has 2 aliphatic heterocycles. The van der Waals surface area contributed by atoms with Gasteiger partial charge in [0.05, 0.1) is 12.6 Å². The molecule has 1 aromatic rings. The van der Waals surface area contributed by atoms with E-state index in [0.29, 0.717) is 37.7 Å². The number of amides is 1. The van der Waals surface area contributed by atoms with E-state index < -0.39 is 0 Å². The summed E-state index contributed by atoms with van der Waals surface area (Å²) in [4.78, 5) is 16.1. The fourth-order valence-corrected chi connectivity index (χ4v) is 3.56. The van der Waals surface area contributed by atoms with E-state index in [0.717, 1.165) is 32.5 Å². The summed E-state index contributed by atoms with van der Waals surface area (Å²) in [5, 5.41) is 13.7. The molecule has 8 heteroatoms. The number of nitrogens with one attached hydrogen (secondary N) is 1. The molecule has 2 aliphatic rings. The molecule has 0 bridgehead atoms. The molecule has 148 valence electrons. The number of benzene rings is 1. The number of piperazine rings is 1. The summed E-state index contributed by atoms with van der Waals surface area (Å²) in [6, 6.07) is 6.58. The predicted molar refractivity (Wildman–Crippen MR) is 104 cm³/mol. The van der Waals surface area contributed by atoms with Crippen molar-refractivity contribution < 1.29 is 14.3 Å². The molecule has 2 N–H and O–H groups in total. The highest BCUT2D eigenvalue weighted by molar-refractivity contribution is 5.85. The summed E-state index contributed by atoms with van der Waals surface area (Å²) < 4.78 is 13.7. The van der Waals surface area contributed by atoms with Crippen LogP contribution in [0, 0.1) is 11.7 Å². The number of carbonyl (C=O) groups is 1. The first-order valence-corrected chi connectivity index (χ1v) is 8.76. The van der Waals surface area contributed by atoms with Crippen LogP contribution in [0.5, 0.6) is 0 Å². The Morgan fingerprint density at radius 1 is 1.19 bits per heavy atom. The van der Waals surface area contributed by atoms with E-state index in [2.05, 4.69) is 5.32 Å². The lowest BCUT2D eigenvalue weighted by Crippen LogP contribution is -2.52. The quantitative estimate of drug-likeness (QED) is 0.779. The van der Waals surface area contributed by atoms with Crippen LogP contribution in [-0.2, 0) is 11.3 Å². The molecule has 0 saturated carbocycles. The Hall–Kier alpha value is -0.920. The van der Waals surface area contributed by atoms with Crippen LogP contribution < -0.4 is 5.32 Å². The van der Waals surface area contributed by atoms with Crippen LogP contribution in [0.4, 0.5) is 4.39 Å². The highest BCUT2D eigenvalue weighted by Gasteiger charge is 2.28. The van der Waals surface area contributed by atoms with E-state index in [1.165, 1.54) is 6.07 Å². The topological polar surface area (TPSA) is 55.8 Å². The SMILES string of the molecule is Cl.Cl.O=C1CN(CC(O)C2CCNCC2)CCN1Cc1ccccc1F. The maximum Gasteiger partial charge on any atom is 0.237 e. The number of aliphatic hydroxyl groups excluding tert-OH is 1. The van der Waals surface area contributed by atoms with E-state index in [1.807, 2.05) is 4.90 Å². The number of hydrogen-bond donors (Lipinski definition) is 2. The first-order chi connectivity index (χ1) is 11.6. The Morgan fingerprint density at radius 3 is 2.54 bits per heavy atom. The molecular weight excluding hydrogens is 380 g/mol. The standard InChI is InChI=1S/C18H26FN3O2.2ClH/c19-16-4-2-1-3-15(16)11-22-10-9-21(13-18(22)24)12-17(23)14-5-7-20-8-6-14;;/h1-4,14,17,20,23H,5-13H2;2*1H. The van der Waals surface area contributed by atoms with Crippen molar-refractivity contribution >= 4 is 30.7 Å². The molecule has 1 atom stereocenters. The summed E-state index contributed by atoms with van der Waals surface area (Å²) in [5.41, 5.74) is 0.550. The van der Waals surface area contributed by atoms with Crippen LogP contribution in [0.15, 0.2) is 24.3 Å². The number of carbonyl (C=O) groups excluding carboxylic acids is 1. The smallest absolute Gasteiger partial charge is 0.237 e. The van der Waals surface area contributed by atoms with Crippen molar-refractivity contribution in [3.05, 3.63) is 35.6 Å². The number of aliphatic hydroxyl groups is 1. The molecule has 5 nitrogen and oxygen atoms in total. The van der Waals surface area contributed by atoms with Gasteiger partial charge in [-0.1, -0.05) is 18.2 Å². The molecule has 0 spiro atoms. The molecule has 2 heterocycles. The number of hydrogen-bond acceptors (Lipinski definition) is 4. The third-order valence-corrected chi connectivity index (χ3v) is 5.09. The first kappa shape index (κ1) is 23.1. The van der Waals surface area contributed by atoms with E-state index >= 15 is 0 Å². The van der Waals surface area contributed by atoms with Gasteiger partial charge in [-0.25, -0.2) is 4.39 Å². The van der Waals surface area contributed by atoms with Crippen molar-refractivity contribution in [1.29, 1.82) is 0 Å². The van der Waals surface area contributed by atoms with Gasteiger partial charge in [-0.3, -0.25) is 9.69 Å². The predicted octanol–water partition coefficient (Wildman–Crippen LogP) is 1.67. The molecule has 3 rings (SSSR count). The van der Waals surface area contributed by atoms with Crippen LogP contribution >= 0.6 is 24.8 Å². The Labute approximate surface area is 166 Å². The van der Waals surface area contributed by atoms with Crippen LogP contribution in [0.2, 0.25) is 0 Å². The second-order valence-electron chi connectivity index (χ2n) is 6.80. The zero-order chi connectivity index (χ0) is 16.9. The van der Waals surface area contributed by atoms with Gasteiger partial charge in [-0.05, 0) is 37.9 Å². The van der Waals surface area contributed by atoms with Gasteiger partial charge >= 0.3 is 0 Å². The lowest BCUT2D eigenvalue weighted by molar-refractivity contribution is -0.137. The number of β-amino-alcohol motifs (C(OH)–C–C–N with tert-alkyl or cyclic N) is 1. The molecule has 0 aromatic heterocycles. The Bertz CT molecular complexity index is 573. The normalized spacial score (nSPS) is 20.2. The van der Waals surface area contributed by atoms with Gasteiger partial charge in [0.25, 0.3) is 0 Å². The largest absolute Gasteiger partial charge is 0.392 e. The van der Waals surface area contributed by atoms with Crippen LogP contribution in [0.1, 0.15) is 18.4 Å². The zero-order valence-electron chi connectivity index (χ0n) is 14.8. The summed E-state index contributed by atoms with van der Waals surface area (Å²) >= 11 is 0. The van der Waals surface area contributed by atoms with Crippen LogP contribution in [0.25, 0.3) is 0 Å². The minimum absolute atomic E-state index is 0. The fourth-order valence-electron chi connectivity index (χ4n) is 3.56. The number of rotatable bonds is 5. The third kappa shape index (κ3) is 6.06. The lowest BCUT2D eigenvalue weighted by atomic mass is 9.92. The van der Waals surface area contributed by atoms with Crippen molar-refractivity contribution in [1.82, 2.24) is 15.1 Å². The van der Waals surface area contributed by atoms with Gasteiger partial charge in [-0.2, -0.15) is 0 Å². The molecule has 2 saturated heterocycles. The second kappa shape index (κ2) is 11.0. The minimum atomic E-state index is -0.377. The van der Waals surface area contributed by atoms with Crippen molar-refractivity contribution in [2.75, 3.05) is 39.3 Å². The molecule has 26 heavy (non-hydrogen) atoms. The molecule has 0 aliphatic carbocycles. The Balaban J connectivity index is 0.00000169. The maximum absolute atomic E-state index is 13.7. The Kier molecular flexibility index (Phi) is 9.82. The van der Waals surface area contributed by atoms with Crippen LogP contribution in [0.3, 0.4) is 0 Å². The average Bonchev–Trinajstić information content (AvgIpc) is 2.60. The third-order valence-electron chi connectivity index (χ3n) is 5.09. The minimum Gasteiger partial charge on any atom is -0.392 e. The number of nitrogens with zero attached hydrogens (tertiary/aromatic N) is 2. The molecule has 1 unspecified atom stereocenters. The molecule has 1 aromatic carbocycles. The highest BCUT2D eigenvalue weighted by Crippen LogP contribution is 2.18. The van der Waals surface area contributed by atoms with E-state index in [-0.39, 0.29) is 42.6 Å². The molecular formula is C18H28Cl2FN3O2. The van der Waals surface area contributed by atoms with Gasteiger partial charge in [0.15, 0.2) is 0 Å². The van der Waals surface area contributed by atoms with E-state index in [1.54, 1.807) is 23.1 Å². The average molecular weight is 408 g/mol. The Morgan fingerprint density at radius 2 is 1.88 bits per heavy atom. The monoisotopic (exact) mass is 407 g/mol. The van der Waals surface area contributed by atoms with Crippen molar-refractivity contribution in [3.63, 3.8) is 0 Å². The van der Waals surface area contributed by atoms with Crippen molar-refractivity contribution in [3.8, 4) is 0 Å². The summed E-state index contributed by atoms with van der Waals surface area (Å²) in [7, 11) is 0. The first-order valence-electron chi connectivity index (χ1n) is 8.76. The second-order valence-corrected chi connectivity index (χ2v) is 6.80. The summed E-state index contributed by atoms with van der Waals surface area (Å²) in [6.45, 7) is 4.37. The van der Waals surface area contributed by atoms with E-state index in [4.69, 9.17) is 0 Å². The lowest BCUT2D eigenvalue weighted by Gasteiger charge is -2.37. The summed E-state index contributed by atoms with van der Waals surface area (Å²) in [6.07, 6.45) is 1.60. The van der Waals surface area contributed by atoms with E-state index in [9.17, 15) is 14.3 Å². The highest BCUT2D eigenvalue weighted by atomic mass is 35.5. The van der Waals surface area contributed by atoms with Crippen LogP contribution in [-0.4, -0.2) is 66.2 Å². The molecule has 2 fully saturated rings.